The van der Waals surface area contributed by atoms with Crippen LogP contribution in [-0.2, 0) is 0 Å². The summed E-state index contributed by atoms with van der Waals surface area (Å²) in [5, 5.41) is 6.33. The molecule has 0 saturated carbocycles. The van der Waals surface area contributed by atoms with Crippen molar-refractivity contribution in [3.05, 3.63) is 97.2 Å². The Hall–Kier alpha value is -3.69. The van der Waals surface area contributed by atoms with Crippen molar-refractivity contribution in [3.8, 4) is 5.69 Å². The molecular formula is C27H16N2S. The van der Waals surface area contributed by atoms with E-state index < -0.39 is 0 Å². The van der Waals surface area contributed by atoms with E-state index in [1.807, 2.05) is 17.5 Å². The summed E-state index contributed by atoms with van der Waals surface area (Å²) < 4.78 is 5.03. The van der Waals surface area contributed by atoms with Gasteiger partial charge in [0.1, 0.15) is 0 Å². The predicted molar refractivity (Wildman–Crippen MR) is 129 cm³/mol. The van der Waals surface area contributed by atoms with Crippen molar-refractivity contribution in [1.29, 1.82) is 0 Å². The lowest BCUT2D eigenvalue weighted by atomic mass is 10.0. The highest BCUT2D eigenvalue weighted by molar-refractivity contribution is 7.27. The minimum absolute atomic E-state index is 1.09. The molecule has 0 radical (unpaired) electrons. The fourth-order valence-electron chi connectivity index (χ4n) is 4.83. The van der Waals surface area contributed by atoms with Crippen molar-refractivity contribution in [2.45, 2.75) is 0 Å². The number of nitrogens with zero attached hydrogens (tertiary/aromatic N) is 2. The van der Waals surface area contributed by atoms with Gasteiger partial charge < -0.3 is 4.57 Å². The Bertz CT molecular complexity index is 1740. The molecule has 0 aliphatic rings. The molecule has 0 fully saturated rings. The summed E-state index contributed by atoms with van der Waals surface area (Å²) in [6, 6.07) is 32.4. The van der Waals surface area contributed by atoms with Gasteiger partial charge in [-0.1, -0.05) is 60.7 Å². The third-order valence-electron chi connectivity index (χ3n) is 6.01. The number of benzene rings is 4. The monoisotopic (exact) mass is 400 g/mol. The van der Waals surface area contributed by atoms with Gasteiger partial charge >= 0.3 is 0 Å². The molecule has 0 atom stereocenters. The van der Waals surface area contributed by atoms with Crippen LogP contribution in [0.25, 0.3) is 58.6 Å². The highest BCUT2D eigenvalue weighted by atomic mass is 32.1. The molecule has 0 saturated heterocycles. The molecule has 3 heterocycles. The second kappa shape index (κ2) is 5.91. The summed E-state index contributed by atoms with van der Waals surface area (Å²) in [4.78, 5) is 4.87. The Balaban J connectivity index is 1.89. The summed E-state index contributed by atoms with van der Waals surface area (Å²) in [6.07, 6.45) is 1.91. The van der Waals surface area contributed by atoms with E-state index in [9.17, 15) is 0 Å². The number of pyridine rings is 1. The van der Waals surface area contributed by atoms with Crippen molar-refractivity contribution in [3.63, 3.8) is 0 Å². The van der Waals surface area contributed by atoms with Crippen LogP contribution in [0.2, 0.25) is 0 Å². The molecule has 0 unspecified atom stereocenters. The number of thiophene rings is 1. The highest BCUT2D eigenvalue weighted by Gasteiger charge is 2.21. The first-order valence-electron chi connectivity index (χ1n) is 10.1. The lowest BCUT2D eigenvalue weighted by Gasteiger charge is -2.09. The van der Waals surface area contributed by atoms with Gasteiger partial charge in [0.05, 0.1) is 21.3 Å². The number of rotatable bonds is 1. The normalized spacial score (nSPS) is 12.0. The summed E-state index contributed by atoms with van der Waals surface area (Å²) in [5.41, 5.74) is 4.78. The smallest absolute Gasteiger partial charge is 0.0802 e. The van der Waals surface area contributed by atoms with Gasteiger partial charge in [0.15, 0.2) is 0 Å². The van der Waals surface area contributed by atoms with Gasteiger partial charge in [-0.2, -0.15) is 0 Å². The Morgan fingerprint density at radius 1 is 0.633 bits per heavy atom. The van der Waals surface area contributed by atoms with E-state index in [0.29, 0.717) is 0 Å². The van der Waals surface area contributed by atoms with Gasteiger partial charge in [0, 0.05) is 43.5 Å². The molecule has 0 aliphatic carbocycles. The van der Waals surface area contributed by atoms with Crippen LogP contribution in [0.1, 0.15) is 0 Å². The van der Waals surface area contributed by atoms with Crippen molar-refractivity contribution < 1.29 is 0 Å². The minimum Gasteiger partial charge on any atom is -0.308 e. The number of fused-ring (bicyclic) bond motifs is 10. The maximum absolute atomic E-state index is 4.87. The summed E-state index contributed by atoms with van der Waals surface area (Å²) in [7, 11) is 0. The molecule has 0 amide bonds. The Kier molecular flexibility index (Phi) is 3.18. The van der Waals surface area contributed by atoms with E-state index in [1.165, 1.54) is 53.1 Å². The van der Waals surface area contributed by atoms with Crippen LogP contribution in [0.5, 0.6) is 0 Å². The zero-order chi connectivity index (χ0) is 19.7. The first-order chi connectivity index (χ1) is 14.9. The third kappa shape index (κ3) is 2.00. The van der Waals surface area contributed by atoms with Crippen molar-refractivity contribution >= 4 is 64.2 Å². The molecule has 0 spiro atoms. The topological polar surface area (TPSA) is 17.8 Å². The number of hydrogen-bond donors (Lipinski definition) is 0. The third-order valence-corrected chi connectivity index (χ3v) is 7.19. The number of para-hydroxylation sites is 2. The van der Waals surface area contributed by atoms with E-state index in [0.717, 1.165) is 5.52 Å². The van der Waals surface area contributed by atoms with Gasteiger partial charge in [-0.3, -0.25) is 4.98 Å². The largest absolute Gasteiger partial charge is 0.308 e. The minimum atomic E-state index is 1.09. The first-order valence-corrected chi connectivity index (χ1v) is 10.9. The highest BCUT2D eigenvalue weighted by Crippen LogP contribution is 2.46. The average Bonchev–Trinajstić information content (AvgIpc) is 3.36. The molecule has 4 aromatic carbocycles. The molecule has 30 heavy (non-hydrogen) atoms. The standard InChI is InChI=1S/C27H16N2S/c1-2-9-17(10-3-1)29-21-14-6-4-11-18(21)23-20-13-8-16-28-25(20)24-19-12-5-7-15-22(19)30-27(24)26(23)29/h1-16H. The Morgan fingerprint density at radius 2 is 1.37 bits per heavy atom. The lowest BCUT2D eigenvalue weighted by molar-refractivity contribution is 1.19. The predicted octanol–water partition coefficient (Wildman–Crippen LogP) is 7.70. The summed E-state index contributed by atoms with van der Waals surface area (Å²) in [5.74, 6) is 0. The molecular weight excluding hydrogens is 384 g/mol. The van der Waals surface area contributed by atoms with Crippen LogP contribution in [0.15, 0.2) is 97.2 Å². The van der Waals surface area contributed by atoms with Crippen LogP contribution in [-0.4, -0.2) is 9.55 Å². The first kappa shape index (κ1) is 16.1. The molecule has 7 aromatic rings. The van der Waals surface area contributed by atoms with Crippen LogP contribution in [0, 0.1) is 0 Å². The summed E-state index contributed by atoms with van der Waals surface area (Å²) >= 11 is 1.87. The van der Waals surface area contributed by atoms with Crippen molar-refractivity contribution in [1.82, 2.24) is 9.55 Å². The maximum Gasteiger partial charge on any atom is 0.0802 e. The fraction of sp³-hybridized carbons (Fsp3) is 0. The molecule has 3 heteroatoms. The van der Waals surface area contributed by atoms with E-state index in [-0.39, 0.29) is 0 Å². The van der Waals surface area contributed by atoms with Gasteiger partial charge in [0.25, 0.3) is 0 Å². The maximum atomic E-state index is 4.87. The zero-order valence-electron chi connectivity index (χ0n) is 16.0. The number of aromatic nitrogens is 2. The van der Waals surface area contributed by atoms with Crippen LogP contribution in [0.4, 0.5) is 0 Å². The average molecular weight is 401 g/mol. The van der Waals surface area contributed by atoms with E-state index in [2.05, 4.69) is 95.6 Å². The molecule has 7 rings (SSSR count). The van der Waals surface area contributed by atoms with Crippen LogP contribution in [0.3, 0.4) is 0 Å². The molecule has 3 aromatic heterocycles. The van der Waals surface area contributed by atoms with E-state index >= 15 is 0 Å². The van der Waals surface area contributed by atoms with Crippen LogP contribution < -0.4 is 0 Å². The van der Waals surface area contributed by atoms with Crippen molar-refractivity contribution in [2.75, 3.05) is 0 Å². The molecule has 0 bridgehead atoms. The molecule has 2 nitrogen and oxygen atoms in total. The second-order valence-electron chi connectivity index (χ2n) is 7.61. The van der Waals surface area contributed by atoms with Gasteiger partial charge in [-0.05, 0) is 30.3 Å². The van der Waals surface area contributed by atoms with Gasteiger partial charge in [-0.25, -0.2) is 0 Å². The Morgan fingerprint density at radius 3 is 2.27 bits per heavy atom. The molecule has 0 aliphatic heterocycles. The Labute approximate surface area is 176 Å². The van der Waals surface area contributed by atoms with E-state index in [1.54, 1.807) is 0 Å². The lowest BCUT2D eigenvalue weighted by Crippen LogP contribution is -1.93. The van der Waals surface area contributed by atoms with Crippen LogP contribution >= 0.6 is 11.3 Å². The second-order valence-corrected chi connectivity index (χ2v) is 8.67. The van der Waals surface area contributed by atoms with E-state index in [4.69, 9.17) is 4.98 Å². The zero-order valence-corrected chi connectivity index (χ0v) is 16.9. The molecule has 0 N–H and O–H groups in total. The SMILES string of the molecule is c1ccc(-n2c3ccccc3c3c4cccnc4c4c5ccccc5sc4c32)cc1. The fourth-order valence-corrected chi connectivity index (χ4v) is 6.07. The quantitative estimate of drug-likeness (QED) is 0.276. The number of hydrogen-bond acceptors (Lipinski definition) is 2. The molecule has 140 valence electrons. The van der Waals surface area contributed by atoms with Crippen molar-refractivity contribution in [2.24, 2.45) is 0 Å². The van der Waals surface area contributed by atoms with Gasteiger partial charge in [-0.15, -0.1) is 11.3 Å². The van der Waals surface area contributed by atoms with Gasteiger partial charge in [0.2, 0.25) is 0 Å². The summed E-state index contributed by atoms with van der Waals surface area (Å²) in [6.45, 7) is 0.